The number of rotatable bonds is 4. The van der Waals surface area contributed by atoms with Crippen LogP contribution < -0.4 is 4.74 Å². The first-order valence-corrected chi connectivity index (χ1v) is 11.6. The zero-order valence-corrected chi connectivity index (χ0v) is 20.5. The predicted molar refractivity (Wildman–Crippen MR) is 124 cm³/mol. The fourth-order valence-electron chi connectivity index (χ4n) is 5.03. The Hall–Kier alpha value is -2.31. The Labute approximate surface area is 202 Å². The topological polar surface area (TPSA) is 89.9 Å². The summed E-state index contributed by atoms with van der Waals surface area (Å²) < 4.78 is 11.5. The molecule has 0 fully saturated rings. The average molecular weight is 493 g/mol. The lowest BCUT2D eigenvalue weighted by atomic mass is 9.65. The summed E-state index contributed by atoms with van der Waals surface area (Å²) in [5, 5.41) is 9.13. The number of aliphatic carboxylic acids is 1. The molecule has 1 aromatic rings. The van der Waals surface area contributed by atoms with E-state index in [0.29, 0.717) is 53.9 Å². The summed E-state index contributed by atoms with van der Waals surface area (Å²) in [6, 6.07) is 3.19. The molecule has 0 radical (unpaired) electrons. The van der Waals surface area contributed by atoms with E-state index in [4.69, 9.17) is 37.8 Å². The molecule has 4 rings (SSSR count). The maximum absolute atomic E-state index is 13.3. The standard InChI is InChI=1S/C25H26Cl2O6/c1-24(2)7-15(28)21-17(9-24)33-18-10-25(3,4)8-16(29)22(18)20(21)12-5-13(26)23(14(27)6-12)32-11-19(30)31/h5-6,20H,7-11H2,1-4H3,(H,30,31). The predicted octanol–water partition coefficient (Wildman–Crippen LogP) is 5.86. The molecule has 33 heavy (non-hydrogen) atoms. The Bertz CT molecular complexity index is 1070. The third-order valence-electron chi connectivity index (χ3n) is 6.28. The summed E-state index contributed by atoms with van der Waals surface area (Å²) in [6.45, 7) is 7.50. The molecule has 0 spiro atoms. The van der Waals surface area contributed by atoms with E-state index in [1.807, 2.05) is 27.7 Å². The molecule has 1 aromatic carbocycles. The number of ketones is 2. The molecule has 0 bridgehead atoms. The molecule has 0 amide bonds. The van der Waals surface area contributed by atoms with Gasteiger partial charge in [-0.05, 0) is 28.5 Å². The van der Waals surface area contributed by atoms with Crippen LogP contribution in [0.15, 0.2) is 34.8 Å². The van der Waals surface area contributed by atoms with Gasteiger partial charge in [0.2, 0.25) is 0 Å². The molecule has 1 aliphatic heterocycles. The van der Waals surface area contributed by atoms with Crippen molar-refractivity contribution >= 4 is 40.7 Å². The number of ether oxygens (including phenoxy) is 2. The smallest absolute Gasteiger partial charge is 0.341 e. The Morgan fingerprint density at radius 1 is 0.970 bits per heavy atom. The van der Waals surface area contributed by atoms with Gasteiger partial charge in [-0.25, -0.2) is 4.79 Å². The Morgan fingerprint density at radius 2 is 1.42 bits per heavy atom. The summed E-state index contributed by atoms with van der Waals surface area (Å²) in [4.78, 5) is 37.5. The molecule has 0 saturated carbocycles. The molecule has 1 heterocycles. The van der Waals surface area contributed by atoms with Crippen LogP contribution in [0.1, 0.15) is 64.9 Å². The van der Waals surface area contributed by atoms with Crippen molar-refractivity contribution in [3.8, 4) is 5.75 Å². The monoisotopic (exact) mass is 492 g/mol. The zero-order valence-electron chi connectivity index (χ0n) is 19.0. The lowest BCUT2D eigenvalue weighted by Crippen LogP contribution is -2.37. The highest BCUT2D eigenvalue weighted by molar-refractivity contribution is 6.37. The number of carbonyl (C=O) groups is 3. The molecular formula is C25H26Cl2O6. The zero-order chi connectivity index (χ0) is 24.3. The normalized spacial score (nSPS) is 22.0. The molecule has 0 unspecified atom stereocenters. The number of carboxylic acids is 1. The van der Waals surface area contributed by atoms with Crippen LogP contribution in [0.4, 0.5) is 0 Å². The van der Waals surface area contributed by atoms with E-state index < -0.39 is 18.5 Å². The van der Waals surface area contributed by atoms with Crippen molar-refractivity contribution in [1.29, 1.82) is 0 Å². The number of carboxylic acid groups (broad SMARTS) is 1. The van der Waals surface area contributed by atoms with Crippen LogP contribution in [-0.2, 0) is 19.1 Å². The van der Waals surface area contributed by atoms with Crippen LogP contribution in [0.5, 0.6) is 5.75 Å². The van der Waals surface area contributed by atoms with Crippen molar-refractivity contribution in [3.63, 3.8) is 0 Å². The van der Waals surface area contributed by atoms with Gasteiger partial charge >= 0.3 is 5.97 Å². The van der Waals surface area contributed by atoms with Crippen LogP contribution in [0, 0.1) is 10.8 Å². The van der Waals surface area contributed by atoms with E-state index in [2.05, 4.69) is 0 Å². The van der Waals surface area contributed by atoms with Gasteiger partial charge < -0.3 is 14.6 Å². The van der Waals surface area contributed by atoms with Crippen LogP contribution >= 0.6 is 23.2 Å². The summed E-state index contributed by atoms with van der Waals surface area (Å²) in [5.41, 5.74) is 1.03. The van der Waals surface area contributed by atoms with Crippen LogP contribution in [0.2, 0.25) is 10.0 Å². The molecule has 0 atom stereocenters. The first-order valence-electron chi connectivity index (χ1n) is 10.8. The van der Waals surface area contributed by atoms with Crippen molar-refractivity contribution in [2.75, 3.05) is 6.61 Å². The Kier molecular flexibility index (Phi) is 5.90. The van der Waals surface area contributed by atoms with Gasteiger partial charge in [0.25, 0.3) is 0 Å². The number of halogens is 2. The lowest BCUT2D eigenvalue weighted by molar-refractivity contribution is -0.139. The van der Waals surface area contributed by atoms with E-state index in [-0.39, 0.29) is 38.2 Å². The summed E-state index contributed by atoms with van der Waals surface area (Å²) in [6.07, 6.45) is 1.85. The van der Waals surface area contributed by atoms with Gasteiger partial charge in [-0.2, -0.15) is 0 Å². The molecule has 8 heteroatoms. The SMILES string of the molecule is CC1(C)CC(=O)C2=C(C1)OC1=C(C(=O)CC(C)(C)C1)C2c1cc(Cl)c(OCC(=O)O)c(Cl)c1. The van der Waals surface area contributed by atoms with Crippen LogP contribution in [0.25, 0.3) is 0 Å². The summed E-state index contributed by atoms with van der Waals surface area (Å²) in [7, 11) is 0. The van der Waals surface area contributed by atoms with Crippen molar-refractivity contribution in [2.24, 2.45) is 10.8 Å². The minimum absolute atomic E-state index is 0.0483. The Morgan fingerprint density at radius 3 is 1.85 bits per heavy atom. The van der Waals surface area contributed by atoms with Crippen LogP contribution in [-0.4, -0.2) is 29.2 Å². The number of hydrogen-bond acceptors (Lipinski definition) is 5. The van der Waals surface area contributed by atoms with E-state index in [0.717, 1.165) is 0 Å². The molecule has 1 N–H and O–H groups in total. The number of benzene rings is 1. The molecule has 3 aliphatic rings. The van der Waals surface area contributed by atoms with Gasteiger partial charge in [0.1, 0.15) is 11.5 Å². The number of hydrogen-bond donors (Lipinski definition) is 1. The van der Waals surface area contributed by atoms with Gasteiger partial charge in [-0.3, -0.25) is 9.59 Å². The third-order valence-corrected chi connectivity index (χ3v) is 6.84. The molecule has 6 nitrogen and oxygen atoms in total. The second kappa shape index (κ2) is 8.17. The molecule has 0 saturated heterocycles. The first-order chi connectivity index (χ1) is 15.3. The third kappa shape index (κ3) is 4.56. The fourth-order valence-corrected chi connectivity index (χ4v) is 5.64. The number of carbonyl (C=O) groups excluding carboxylic acids is 2. The van der Waals surface area contributed by atoms with E-state index in [1.165, 1.54) is 0 Å². The highest BCUT2D eigenvalue weighted by Crippen LogP contribution is 2.54. The average Bonchev–Trinajstić information content (AvgIpc) is 2.63. The van der Waals surface area contributed by atoms with E-state index >= 15 is 0 Å². The van der Waals surface area contributed by atoms with Gasteiger partial charge in [0.15, 0.2) is 23.9 Å². The minimum atomic E-state index is -1.16. The van der Waals surface area contributed by atoms with Gasteiger partial charge in [-0.15, -0.1) is 0 Å². The lowest BCUT2D eigenvalue weighted by Gasteiger charge is -2.42. The first kappa shape index (κ1) is 23.8. The fraction of sp³-hybridized carbons (Fsp3) is 0.480. The summed E-state index contributed by atoms with van der Waals surface area (Å²) in [5.74, 6) is -0.673. The highest BCUT2D eigenvalue weighted by atomic mass is 35.5. The van der Waals surface area contributed by atoms with E-state index in [1.54, 1.807) is 12.1 Å². The minimum Gasteiger partial charge on any atom is -0.479 e. The van der Waals surface area contributed by atoms with Crippen LogP contribution in [0.3, 0.4) is 0 Å². The molecule has 2 aliphatic carbocycles. The second-order valence-corrected chi connectivity index (χ2v) is 11.4. The molecule has 0 aromatic heterocycles. The van der Waals surface area contributed by atoms with Gasteiger partial charge in [0.05, 0.1) is 10.0 Å². The van der Waals surface area contributed by atoms with Crippen molar-refractivity contribution < 1.29 is 29.0 Å². The van der Waals surface area contributed by atoms with Gasteiger partial charge in [-0.1, -0.05) is 50.9 Å². The van der Waals surface area contributed by atoms with E-state index in [9.17, 15) is 14.4 Å². The quantitative estimate of drug-likeness (QED) is 0.566. The Balaban J connectivity index is 1.87. The van der Waals surface area contributed by atoms with Crippen molar-refractivity contribution in [3.05, 3.63) is 50.4 Å². The highest BCUT2D eigenvalue weighted by Gasteiger charge is 2.48. The summed E-state index contributed by atoms with van der Waals surface area (Å²) >= 11 is 12.8. The molecule has 176 valence electrons. The maximum Gasteiger partial charge on any atom is 0.341 e. The van der Waals surface area contributed by atoms with Gasteiger partial charge in [0, 0.05) is 42.7 Å². The number of allylic oxidation sites excluding steroid dienone is 4. The largest absolute Gasteiger partial charge is 0.479 e. The van der Waals surface area contributed by atoms with Crippen molar-refractivity contribution in [1.82, 2.24) is 0 Å². The second-order valence-electron chi connectivity index (χ2n) is 10.6. The number of Topliss-reactive ketones (excluding diaryl/α,β-unsaturated/α-hetero) is 2. The molecular weight excluding hydrogens is 467 g/mol. The van der Waals surface area contributed by atoms with Crippen molar-refractivity contribution in [2.45, 2.75) is 59.3 Å². The maximum atomic E-state index is 13.3.